The lowest BCUT2D eigenvalue weighted by Crippen LogP contribution is -2.45. The third-order valence-electron chi connectivity index (χ3n) is 5.65. The molecule has 0 heterocycles. The molecule has 2 heteroatoms. The molecular formula is C13H22O2. The van der Waals surface area contributed by atoms with Crippen molar-refractivity contribution in [2.45, 2.75) is 34.1 Å². The highest BCUT2D eigenvalue weighted by atomic mass is 16.5. The molecule has 2 rings (SSSR count). The van der Waals surface area contributed by atoms with Gasteiger partial charge in [-0.15, -0.1) is 0 Å². The van der Waals surface area contributed by atoms with E-state index in [0.717, 1.165) is 5.92 Å². The third-order valence-corrected chi connectivity index (χ3v) is 5.65. The van der Waals surface area contributed by atoms with Crippen LogP contribution in [0.1, 0.15) is 34.1 Å². The summed E-state index contributed by atoms with van der Waals surface area (Å²) < 4.78 is 5.00. The van der Waals surface area contributed by atoms with Crippen LogP contribution in [0.2, 0.25) is 0 Å². The van der Waals surface area contributed by atoms with Gasteiger partial charge < -0.3 is 4.74 Å². The molecule has 2 aliphatic rings. The van der Waals surface area contributed by atoms with Crippen LogP contribution in [0.3, 0.4) is 0 Å². The zero-order valence-electron chi connectivity index (χ0n) is 10.4. The van der Waals surface area contributed by atoms with E-state index in [1.165, 1.54) is 13.5 Å². The minimum absolute atomic E-state index is 0.00116. The highest BCUT2D eigenvalue weighted by Crippen LogP contribution is 2.64. The Labute approximate surface area is 92.4 Å². The quantitative estimate of drug-likeness (QED) is 0.622. The summed E-state index contributed by atoms with van der Waals surface area (Å²) in [5.41, 5.74) is -0.231. The van der Waals surface area contributed by atoms with Crippen LogP contribution in [-0.4, -0.2) is 13.1 Å². The standard InChI is InChI=1S/C13H22O2/c1-7-8(2)11-6-10(7)9(3)13(11,4)12(14)15-5/h7-11H,6H2,1-5H3. The number of rotatable bonds is 1. The average Bonchev–Trinajstić information content (AvgIpc) is 2.65. The molecule has 0 saturated heterocycles. The molecule has 0 aromatic carbocycles. The fraction of sp³-hybridized carbons (Fsp3) is 0.923. The lowest BCUT2D eigenvalue weighted by molar-refractivity contribution is -0.161. The predicted molar refractivity (Wildman–Crippen MR) is 59.2 cm³/mol. The Morgan fingerprint density at radius 2 is 1.87 bits per heavy atom. The zero-order valence-corrected chi connectivity index (χ0v) is 10.4. The van der Waals surface area contributed by atoms with E-state index in [9.17, 15) is 4.79 Å². The molecule has 0 aliphatic heterocycles. The summed E-state index contributed by atoms with van der Waals surface area (Å²) in [5, 5.41) is 0. The third kappa shape index (κ3) is 1.14. The first-order valence-corrected chi connectivity index (χ1v) is 6.03. The summed E-state index contributed by atoms with van der Waals surface area (Å²) in [6.45, 7) is 8.96. The van der Waals surface area contributed by atoms with Gasteiger partial charge in [-0.05, 0) is 42.9 Å². The fourth-order valence-corrected chi connectivity index (χ4v) is 4.27. The minimum Gasteiger partial charge on any atom is -0.469 e. The number of methoxy groups -OCH3 is 1. The molecule has 0 spiro atoms. The summed E-state index contributed by atoms with van der Waals surface area (Å²) in [6.07, 6.45) is 1.22. The number of hydrogen-bond donors (Lipinski definition) is 0. The van der Waals surface area contributed by atoms with Gasteiger partial charge in [0.2, 0.25) is 0 Å². The Kier molecular flexibility index (Phi) is 2.36. The van der Waals surface area contributed by atoms with Crippen molar-refractivity contribution in [1.29, 1.82) is 0 Å². The number of fused-ring (bicyclic) bond motifs is 2. The second-order valence-corrected chi connectivity index (χ2v) is 5.79. The second-order valence-electron chi connectivity index (χ2n) is 5.79. The number of carbonyl (C=O) groups is 1. The van der Waals surface area contributed by atoms with E-state index in [0.29, 0.717) is 23.7 Å². The van der Waals surface area contributed by atoms with Crippen LogP contribution >= 0.6 is 0 Å². The first-order chi connectivity index (χ1) is 6.94. The maximum absolute atomic E-state index is 12.0. The van der Waals surface area contributed by atoms with Crippen LogP contribution < -0.4 is 0 Å². The van der Waals surface area contributed by atoms with Crippen molar-refractivity contribution < 1.29 is 9.53 Å². The van der Waals surface area contributed by atoms with Crippen LogP contribution in [0.4, 0.5) is 0 Å². The molecular weight excluding hydrogens is 188 g/mol. The van der Waals surface area contributed by atoms with Gasteiger partial charge in [0.25, 0.3) is 0 Å². The molecule has 2 saturated carbocycles. The van der Waals surface area contributed by atoms with Crippen LogP contribution in [0, 0.1) is 35.0 Å². The Balaban J connectivity index is 2.33. The minimum atomic E-state index is -0.231. The smallest absolute Gasteiger partial charge is 0.312 e. The van der Waals surface area contributed by atoms with Crippen molar-refractivity contribution in [1.82, 2.24) is 0 Å². The molecule has 2 fully saturated rings. The summed E-state index contributed by atoms with van der Waals surface area (Å²) in [6, 6.07) is 0. The van der Waals surface area contributed by atoms with Gasteiger partial charge in [-0.25, -0.2) is 0 Å². The Morgan fingerprint density at radius 3 is 2.33 bits per heavy atom. The van der Waals surface area contributed by atoms with Gasteiger partial charge in [0, 0.05) is 0 Å². The molecule has 6 unspecified atom stereocenters. The first-order valence-electron chi connectivity index (χ1n) is 6.03. The monoisotopic (exact) mass is 210 g/mol. The molecule has 6 atom stereocenters. The maximum atomic E-state index is 12.0. The van der Waals surface area contributed by atoms with Crippen LogP contribution in [-0.2, 0) is 9.53 Å². The Bertz CT molecular complexity index is 286. The maximum Gasteiger partial charge on any atom is 0.312 e. The lowest BCUT2D eigenvalue weighted by Gasteiger charge is -2.42. The van der Waals surface area contributed by atoms with E-state index < -0.39 is 0 Å². The summed E-state index contributed by atoms with van der Waals surface area (Å²) >= 11 is 0. The zero-order chi connectivity index (χ0) is 11.4. The molecule has 0 N–H and O–H groups in total. The molecule has 2 aliphatic carbocycles. The van der Waals surface area contributed by atoms with Crippen molar-refractivity contribution in [3.63, 3.8) is 0 Å². The van der Waals surface area contributed by atoms with E-state index in [-0.39, 0.29) is 11.4 Å². The first kappa shape index (κ1) is 11.0. The highest BCUT2D eigenvalue weighted by molar-refractivity contribution is 5.78. The highest BCUT2D eigenvalue weighted by Gasteiger charge is 2.63. The molecule has 0 aromatic heterocycles. The largest absolute Gasteiger partial charge is 0.469 e. The molecule has 2 bridgehead atoms. The SMILES string of the molecule is COC(=O)C1(C)C(C)C2CC1C(C)C2C. The molecule has 2 nitrogen and oxygen atoms in total. The van der Waals surface area contributed by atoms with Crippen molar-refractivity contribution in [2.24, 2.45) is 35.0 Å². The summed E-state index contributed by atoms with van der Waals surface area (Å²) in [7, 11) is 1.51. The summed E-state index contributed by atoms with van der Waals surface area (Å²) in [5.74, 6) is 3.15. The van der Waals surface area contributed by atoms with Gasteiger partial charge >= 0.3 is 5.97 Å². The van der Waals surface area contributed by atoms with E-state index in [1.54, 1.807) is 0 Å². The van der Waals surface area contributed by atoms with Gasteiger partial charge in [-0.1, -0.05) is 20.8 Å². The number of hydrogen-bond acceptors (Lipinski definition) is 2. The van der Waals surface area contributed by atoms with Gasteiger partial charge in [0.15, 0.2) is 0 Å². The van der Waals surface area contributed by atoms with Crippen LogP contribution in [0.15, 0.2) is 0 Å². The van der Waals surface area contributed by atoms with Gasteiger partial charge in [0.1, 0.15) is 0 Å². The van der Waals surface area contributed by atoms with Crippen molar-refractivity contribution >= 4 is 5.97 Å². The van der Waals surface area contributed by atoms with E-state index in [2.05, 4.69) is 27.7 Å². The molecule has 0 aromatic rings. The van der Waals surface area contributed by atoms with Crippen molar-refractivity contribution in [2.75, 3.05) is 7.11 Å². The predicted octanol–water partition coefficient (Wildman–Crippen LogP) is 2.72. The molecule has 86 valence electrons. The van der Waals surface area contributed by atoms with Crippen molar-refractivity contribution in [3.8, 4) is 0 Å². The van der Waals surface area contributed by atoms with E-state index in [4.69, 9.17) is 4.74 Å². The number of carbonyl (C=O) groups excluding carboxylic acids is 1. The fourth-order valence-electron chi connectivity index (χ4n) is 4.27. The Morgan fingerprint density at radius 1 is 1.27 bits per heavy atom. The molecule has 0 amide bonds. The van der Waals surface area contributed by atoms with Gasteiger partial charge in [-0.2, -0.15) is 0 Å². The summed E-state index contributed by atoms with van der Waals surface area (Å²) in [4.78, 5) is 12.0. The molecule has 15 heavy (non-hydrogen) atoms. The van der Waals surface area contributed by atoms with Gasteiger partial charge in [0.05, 0.1) is 12.5 Å². The lowest BCUT2D eigenvalue weighted by atomic mass is 9.61. The Hall–Kier alpha value is -0.530. The van der Waals surface area contributed by atoms with Crippen LogP contribution in [0.25, 0.3) is 0 Å². The van der Waals surface area contributed by atoms with E-state index >= 15 is 0 Å². The average molecular weight is 210 g/mol. The normalized spacial score (nSPS) is 53.3. The number of esters is 1. The van der Waals surface area contributed by atoms with E-state index in [1.807, 2.05) is 0 Å². The second kappa shape index (κ2) is 3.23. The van der Waals surface area contributed by atoms with Gasteiger partial charge in [-0.3, -0.25) is 4.79 Å². The molecule has 0 radical (unpaired) electrons. The topological polar surface area (TPSA) is 26.3 Å². The van der Waals surface area contributed by atoms with Crippen LogP contribution in [0.5, 0.6) is 0 Å². The van der Waals surface area contributed by atoms with Crippen molar-refractivity contribution in [3.05, 3.63) is 0 Å². The number of ether oxygens (including phenoxy) is 1.